The van der Waals surface area contributed by atoms with Crippen LogP contribution in [-0.2, 0) is 9.63 Å². The topological polar surface area (TPSA) is 41.6 Å². The maximum Gasteiger partial charge on any atom is 0.266 e. The van der Waals surface area contributed by atoms with Crippen LogP contribution in [0.4, 0.5) is 0 Å². The number of benzene rings is 1. The molecule has 1 aromatic rings. The number of nitrogens with zero attached hydrogens (tertiary/aromatic N) is 1. The van der Waals surface area contributed by atoms with Crippen molar-refractivity contribution in [1.82, 2.24) is 10.4 Å². The lowest BCUT2D eigenvalue weighted by Gasteiger charge is -2.19. The van der Waals surface area contributed by atoms with Gasteiger partial charge in [-0.15, -0.1) is 0 Å². The summed E-state index contributed by atoms with van der Waals surface area (Å²) in [6.45, 7) is 4.01. The highest BCUT2D eigenvalue weighted by molar-refractivity contribution is 6.30. The molecule has 0 saturated carbocycles. The Morgan fingerprint density at radius 1 is 1.33 bits per heavy atom. The van der Waals surface area contributed by atoms with Gasteiger partial charge in [0, 0.05) is 18.1 Å². The van der Waals surface area contributed by atoms with E-state index in [2.05, 4.69) is 5.32 Å². The van der Waals surface area contributed by atoms with E-state index in [9.17, 15) is 4.79 Å². The van der Waals surface area contributed by atoms with E-state index in [1.807, 2.05) is 26.0 Å². The van der Waals surface area contributed by atoms with Gasteiger partial charge in [0.15, 0.2) is 0 Å². The molecule has 2 atom stereocenters. The Balaban J connectivity index is 2.24. The highest BCUT2D eigenvalue weighted by atomic mass is 35.5. The Kier molecular flexibility index (Phi) is 3.90. The molecule has 18 heavy (non-hydrogen) atoms. The van der Waals surface area contributed by atoms with Crippen LogP contribution in [0.5, 0.6) is 0 Å². The summed E-state index contributed by atoms with van der Waals surface area (Å²) >= 11 is 5.86. The number of amides is 1. The Bertz CT molecular complexity index is 433. The molecule has 98 valence electrons. The number of halogens is 1. The zero-order valence-electron chi connectivity index (χ0n) is 10.7. The molecular formula is C13H17ClN2O2. The summed E-state index contributed by atoms with van der Waals surface area (Å²) in [5.41, 5.74) is 0.940. The van der Waals surface area contributed by atoms with E-state index < -0.39 is 0 Å². The van der Waals surface area contributed by atoms with E-state index >= 15 is 0 Å². The third-order valence-electron chi connectivity index (χ3n) is 2.86. The van der Waals surface area contributed by atoms with Gasteiger partial charge in [-0.2, -0.15) is 0 Å². The summed E-state index contributed by atoms with van der Waals surface area (Å²) in [4.78, 5) is 17.6. The molecule has 2 rings (SSSR count). The van der Waals surface area contributed by atoms with Gasteiger partial charge in [0.2, 0.25) is 0 Å². The largest absolute Gasteiger partial charge is 0.301 e. The van der Waals surface area contributed by atoms with Gasteiger partial charge in [-0.3, -0.25) is 9.63 Å². The molecule has 1 aliphatic rings. The standard InChI is InChI=1S/C13H17ClN2O2/c1-8(2)15-11-12(18-16(3)13(11)17)9-4-6-10(14)7-5-9/h4-8,11-12,15H,1-3H3/t11-,12-/m1/s1. The minimum absolute atomic E-state index is 0.0522. The number of rotatable bonds is 3. The smallest absolute Gasteiger partial charge is 0.266 e. The van der Waals surface area contributed by atoms with Gasteiger partial charge in [0.1, 0.15) is 12.1 Å². The van der Waals surface area contributed by atoms with Crippen molar-refractivity contribution in [1.29, 1.82) is 0 Å². The first-order chi connectivity index (χ1) is 8.49. The minimum atomic E-state index is -0.351. The Hall–Kier alpha value is -1.10. The summed E-state index contributed by atoms with van der Waals surface area (Å²) in [5.74, 6) is -0.0522. The van der Waals surface area contributed by atoms with Crippen molar-refractivity contribution in [3.05, 3.63) is 34.9 Å². The van der Waals surface area contributed by atoms with Crippen LogP contribution in [0, 0.1) is 0 Å². The molecular weight excluding hydrogens is 252 g/mol. The van der Waals surface area contributed by atoms with Crippen molar-refractivity contribution in [2.24, 2.45) is 0 Å². The molecule has 0 unspecified atom stereocenters. The average molecular weight is 269 g/mol. The van der Waals surface area contributed by atoms with Crippen molar-refractivity contribution in [3.63, 3.8) is 0 Å². The van der Waals surface area contributed by atoms with Crippen molar-refractivity contribution in [2.75, 3.05) is 7.05 Å². The highest BCUT2D eigenvalue weighted by Gasteiger charge is 2.41. The zero-order valence-corrected chi connectivity index (χ0v) is 11.4. The summed E-state index contributed by atoms with van der Waals surface area (Å²) < 4.78 is 0. The molecule has 1 N–H and O–H groups in total. The Morgan fingerprint density at radius 2 is 1.94 bits per heavy atom. The van der Waals surface area contributed by atoms with E-state index in [0.717, 1.165) is 5.56 Å². The van der Waals surface area contributed by atoms with Crippen LogP contribution in [-0.4, -0.2) is 30.1 Å². The van der Waals surface area contributed by atoms with Crippen molar-refractivity contribution < 1.29 is 9.63 Å². The number of hydrogen-bond acceptors (Lipinski definition) is 3. The number of likely N-dealkylation sites (N-methyl/N-ethyl adjacent to an activating group) is 1. The minimum Gasteiger partial charge on any atom is -0.301 e. The van der Waals surface area contributed by atoms with Gasteiger partial charge in [0.25, 0.3) is 5.91 Å². The monoisotopic (exact) mass is 268 g/mol. The van der Waals surface area contributed by atoms with Gasteiger partial charge >= 0.3 is 0 Å². The van der Waals surface area contributed by atoms with Crippen molar-refractivity contribution in [2.45, 2.75) is 32.0 Å². The van der Waals surface area contributed by atoms with Gasteiger partial charge in [-0.1, -0.05) is 37.6 Å². The summed E-state index contributed by atoms with van der Waals surface area (Å²) in [7, 11) is 1.63. The second-order valence-corrected chi connectivity index (χ2v) is 5.15. The molecule has 1 aromatic carbocycles. The van der Waals surface area contributed by atoms with Gasteiger partial charge in [-0.05, 0) is 17.7 Å². The van der Waals surface area contributed by atoms with Gasteiger partial charge in [-0.25, -0.2) is 5.06 Å². The molecule has 0 aliphatic carbocycles. The average Bonchev–Trinajstić information content (AvgIpc) is 2.58. The van der Waals surface area contributed by atoms with Crippen molar-refractivity contribution >= 4 is 17.5 Å². The SMILES string of the molecule is CC(C)N[C@H]1C(=O)N(C)O[C@@H]1c1ccc(Cl)cc1. The normalized spacial score (nSPS) is 24.1. The first-order valence-electron chi connectivity index (χ1n) is 5.95. The predicted octanol–water partition coefficient (Wildman–Crippen LogP) is 2.15. The number of carbonyl (C=O) groups is 1. The number of carbonyl (C=O) groups excluding carboxylic acids is 1. The fraction of sp³-hybridized carbons (Fsp3) is 0.462. The third kappa shape index (κ3) is 2.66. The fourth-order valence-corrected chi connectivity index (χ4v) is 2.16. The fourth-order valence-electron chi connectivity index (χ4n) is 2.03. The predicted molar refractivity (Wildman–Crippen MR) is 70.1 cm³/mol. The van der Waals surface area contributed by atoms with Crippen LogP contribution < -0.4 is 5.32 Å². The second kappa shape index (κ2) is 5.26. The van der Waals surface area contributed by atoms with Crippen molar-refractivity contribution in [3.8, 4) is 0 Å². The van der Waals surface area contributed by atoms with Crippen LogP contribution in [0.15, 0.2) is 24.3 Å². The second-order valence-electron chi connectivity index (χ2n) is 4.71. The quantitative estimate of drug-likeness (QED) is 0.913. The molecule has 1 amide bonds. The highest BCUT2D eigenvalue weighted by Crippen LogP contribution is 2.30. The van der Waals surface area contributed by atoms with Gasteiger partial charge in [0.05, 0.1) is 0 Å². The van der Waals surface area contributed by atoms with Gasteiger partial charge < -0.3 is 5.32 Å². The summed E-state index contributed by atoms with van der Waals surface area (Å²) in [5, 5.41) is 5.20. The molecule has 0 spiro atoms. The molecule has 0 bridgehead atoms. The number of hydrogen-bond donors (Lipinski definition) is 1. The zero-order chi connectivity index (χ0) is 13.3. The maximum atomic E-state index is 12.0. The molecule has 0 aromatic heterocycles. The number of hydroxylamine groups is 2. The first kappa shape index (κ1) is 13.3. The third-order valence-corrected chi connectivity index (χ3v) is 3.11. The lowest BCUT2D eigenvalue weighted by Crippen LogP contribution is -2.43. The van der Waals surface area contributed by atoms with Crippen LogP contribution >= 0.6 is 11.6 Å². The van der Waals surface area contributed by atoms with E-state index in [4.69, 9.17) is 16.4 Å². The van der Waals surface area contributed by atoms with Crippen LogP contribution in [0.3, 0.4) is 0 Å². The lowest BCUT2D eigenvalue weighted by atomic mass is 10.0. The molecule has 1 heterocycles. The van der Waals surface area contributed by atoms with E-state index in [1.165, 1.54) is 5.06 Å². The molecule has 5 heteroatoms. The van der Waals surface area contributed by atoms with E-state index in [-0.39, 0.29) is 24.1 Å². The molecule has 1 aliphatic heterocycles. The number of nitrogens with one attached hydrogen (secondary N) is 1. The van der Waals surface area contributed by atoms with E-state index in [0.29, 0.717) is 5.02 Å². The Morgan fingerprint density at radius 3 is 2.50 bits per heavy atom. The Labute approximate surface area is 112 Å². The first-order valence-corrected chi connectivity index (χ1v) is 6.32. The lowest BCUT2D eigenvalue weighted by molar-refractivity contribution is -0.164. The molecule has 0 radical (unpaired) electrons. The summed E-state index contributed by atoms with van der Waals surface area (Å²) in [6.07, 6.45) is -0.304. The molecule has 1 saturated heterocycles. The van der Waals surface area contributed by atoms with Crippen LogP contribution in [0.25, 0.3) is 0 Å². The molecule has 1 fully saturated rings. The maximum absolute atomic E-state index is 12.0. The van der Waals surface area contributed by atoms with E-state index in [1.54, 1.807) is 19.2 Å². The summed E-state index contributed by atoms with van der Waals surface area (Å²) in [6, 6.07) is 7.23. The molecule has 4 nitrogen and oxygen atoms in total. The van der Waals surface area contributed by atoms with Crippen LogP contribution in [0.1, 0.15) is 25.5 Å². The van der Waals surface area contributed by atoms with Crippen LogP contribution in [0.2, 0.25) is 5.02 Å².